The van der Waals surface area contributed by atoms with Crippen LogP contribution in [-0.4, -0.2) is 46.9 Å². The average molecular weight is 742 g/mol. The third kappa shape index (κ3) is 36.3. The van der Waals surface area contributed by atoms with Gasteiger partial charge in [-0.1, -0.05) is 165 Å². The molecular weight excluding hydrogens is 659 g/mol. The number of carbonyl (C=O) groups excluding carboxylic acids is 2. The van der Waals surface area contributed by atoms with Crippen molar-refractivity contribution in [2.24, 2.45) is 0 Å². The van der Waals surface area contributed by atoms with E-state index in [0.29, 0.717) is 19.3 Å². The Morgan fingerprint density at radius 1 is 0.566 bits per heavy atom. The number of ether oxygens (including phenoxy) is 1. The molecule has 0 aliphatic heterocycles. The Balaban J connectivity index is 4.61. The Kier molecular flexibility index (Phi) is 38.9. The molecule has 0 aliphatic carbocycles. The molecular formula is C47H83NO5. The third-order valence-corrected chi connectivity index (χ3v) is 9.58. The Bertz CT molecular complexity index is 968. The molecule has 0 aliphatic rings. The molecule has 0 rings (SSSR count). The molecule has 0 saturated heterocycles. The molecule has 53 heavy (non-hydrogen) atoms. The summed E-state index contributed by atoms with van der Waals surface area (Å²) in [5, 5.41) is 23.5. The second-order valence-electron chi connectivity index (χ2n) is 14.7. The first-order valence-corrected chi connectivity index (χ1v) is 22.0. The van der Waals surface area contributed by atoms with Crippen molar-refractivity contribution in [2.45, 2.75) is 219 Å². The molecule has 1 amide bonds. The van der Waals surface area contributed by atoms with Crippen molar-refractivity contribution in [3.8, 4) is 0 Å². The quantitative estimate of drug-likeness (QED) is 0.0333. The van der Waals surface area contributed by atoms with Gasteiger partial charge in [0.25, 0.3) is 0 Å². The standard InChI is InChI=1S/C47H83NO5/c1-4-7-10-13-16-19-20-21-22-23-24-25-28-31-34-37-40-47(52)53-43(38-35-32-29-26-17-14-11-8-5-2)41-46(51)48-44(42-49)45(50)39-36-33-30-27-18-15-12-9-6-3/h7,10,14,16-17,19,21-22,24-25,43-45,49-50H,4-6,8-9,11-13,15,18,20,23,26-42H2,1-3H3,(H,48,51)/b10-7+,17-14-,19-16+,22-21+,25-24+. The summed E-state index contributed by atoms with van der Waals surface area (Å²) in [6, 6.07) is -0.711. The molecule has 0 spiro atoms. The first-order valence-electron chi connectivity index (χ1n) is 22.0. The van der Waals surface area contributed by atoms with Gasteiger partial charge in [-0.25, -0.2) is 0 Å². The van der Waals surface area contributed by atoms with Crippen molar-refractivity contribution in [1.29, 1.82) is 0 Å². The van der Waals surface area contributed by atoms with Crippen LogP contribution in [0.15, 0.2) is 60.8 Å². The van der Waals surface area contributed by atoms with E-state index in [9.17, 15) is 19.8 Å². The Morgan fingerprint density at radius 2 is 1.04 bits per heavy atom. The van der Waals surface area contributed by atoms with E-state index >= 15 is 0 Å². The predicted molar refractivity (Wildman–Crippen MR) is 227 cm³/mol. The minimum atomic E-state index is -0.795. The molecule has 0 heterocycles. The lowest BCUT2D eigenvalue weighted by Crippen LogP contribution is -2.46. The number of amides is 1. The highest BCUT2D eigenvalue weighted by molar-refractivity contribution is 5.77. The van der Waals surface area contributed by atoms with Crippen molar-refractivity contribution < 1.29 is 24.5 Å². The maximum Gasteiger partial charge on any atom is 0.306 e. The number of rotatable bonds is 38. The number of carbonyl (C=O) groups is 2. The molecule has 0 fully saturated rings. The zero-order valence-electron chi connectivity index (χ0n) is 34.6. The van der Waals surface area contributed by atoms with Gasteiger partial charge in [0.05, 0.1) is 25.2 Å². The zero-order valence-corrected chi connectivity index (χ0v) is 34.6. The van der Waals surface area contributed by atoms with Crippen LogP contribution in [0.1, 0.15) is 201 Å². The van der Waals surface area contributed by atoms with Crippen LogP contribution < -0.4 is 5.32 Å². The molecule has 306 valence electrons. The Morgan fingerprint density at radius 3 is 1.62 bits per heavy atom. The molecule has 0 radical (unpaired) electrons. The second kappa shape index (κ2) is 40.7. The van der Waals surface area contributed by atoms with Crippen molar-refractivity contribution in [3.63, 3.8) is 0 Å². The number of allylic oxidation sites excluding steroid dienone is 10. The van der Waals surface area contributed by atoms with Gasteiger partial charge in [-0.15, -0.1) is 0 Å². The van der Waals surface area contributed by atoms with Gasteiger partial charge in [-0.3, -0.25) is 9.59 Å². The SMILES string of the molecule is CC/C=C/C/C=C/C/C=C/C/C=C/CCCCCC(=O)OC(CCCCC/C=C\CCCC)CC(=O)NC(CO)C(O)CCCCCCCCCCC. The molecule has 0 aromatic heterocycles. The minimum Gasteiger partial charge on any atom is -0.462 e. The van der Waals surface area contributed by atoms with E-state index < -0.39 is 18.2 Å². The van der Waals surface area contributed by atoms with Crippen LogP contribution in [0.4, 0.5) is 0 Å². The van der Waals surface area contributed by atoms with E-state index in [4.69, 9.17) is 4.74 Å². The maximum atomic E-state index is 13.1. The predicted octanol–water partition coefficient (Wildman–Crippen LogP) is 12.5. The third-order valence-electron chi connectivity index (χ3n) is 9.58. The first kappa shape index (κ1) is 50.6. The van der Waals surface area contributed by atoms with Crippen LogP contribution in [0, 0.1) is 0 Å². The van der Waals surface area contributed by atoms with Crippen LogP contribution in [0.3, 0.4) is 0 Å². The number of hydrogen-bond acceptors (Lipinski definition) is 5. The summed E-state index contributed by atoms with van der Waals surface area (Å²) in [5.41, 5.74) is 0. The summed E-state index contributed by atoms with van der Waals surface area (Å²) in [7, 11) is 0. The summed E-state index contributed by atoms with van der Waals surface area (Å²) in [4.78, 5) is 25.9. The molecule has 6 heteroatoms. The highest BCUT2D eigenvalue weighted by Gasteiger charge is 2.24. The smallest absolute Gasteiger partial charge is 0.306 e. The number of hydrogen-bond donors (Lipinski definition) is 3. The van der Waals surface area contributed by atoms with Crippen LogP contribution in [-0.2, 0) is 14.3 Å². The summed E-state index contributed by atoms with van der Waals surface area (Å²) >= 11 is 0. The van der Waals surface area contributed by atoms with Crippen LogP contribution in [0.5, 0.6) is 0 Å². The van der Waals surface area contributed by atoms with Crippen LogP contribution >= 0.6 is 0 Å². The zero-order chi connectivity index (χ0) is 38.9. The normalized spacial score (nSPS) is 14.0. The Hall–Kier alpha value is -2.44. The van der Waals surface area contributed by atoms with Crippen molar-refractivity contribution in [3.05, 3.63) is 60.8 Å². The fourth-order valence-corrected chi connectivity index (χ4v) is 6.22. The maximum absolute atomic E-state index is 13.1. The van der Waals surface area contributed by atoms with Gasteiger partial charge in [0.2, 0.25) is 5.91 Å². The highest BCUT2D eigenvalue weighted by atomic mass is 16.5. The Labute approximate surface area is 327 Å². The fraction of sp³-hybridized carbons (Fsp3) is 0.745. The van der Waals surface area contributed by atoms with Gasteiger partial charge in [0, 0.05) is 6.42 Å². The number of aliphatic hydroxyl groups excluding tert-OH is 2. The van der Waals surface area contributed by atoms with Gasteiger partial charge < -0.3 is 20.3 Å². The lowest BCUT2D eigenvalue weighted by molar-refractivity contribution is -0.151. The lowest BCUT2D eigenvalue weighted by Gasteiger charge is -2.24. The van der Waals surface area contributed by atoms with Gasteiger partial charge >= 0.3 is 5.97 Å². The molecule has 3 unspecified atom stereocenters. The lowest BCUT2D eigenvalue weighted by atomic mass is 10.0. The van der Waals surface area contributed by atoms with E-state index in [1.165, 1.54) is 51.4 Å². The first-order chi connectivity index (χ1) is 26.0. The molecule has 6 nitrogen and oxygen atoms in total. The fourth-order valence-electron chi connectivity index (χ4n) is 6.22. The van der Waals surface area contributed by atoms with E-state index in [-0.39, 0.29) is 24.9 Å². The molecule has 0 saturated carbocycles. The monoisotopic (exact) mass is 742 g/mol. The van der Waals surface area contributed by atoms with E-state index in [1.807, 2.05) is 0 Å². The molecule has 3 atom stereocenters. The average Bonchev–Trinajstić information content (AvgIpc) is 3.15. The van der Waals surface area contributed by atoms with Crippen LogP contribution in [0.25, 0.3) is 0 Å². The summed E-state index contributed by atoms with van der Waals surface area (Å²) in [6.45, 7) is 6.27. The number of nitrogens with one attached hydrogen (secondary N) is 1. The highest BCUT2D eigenvalue weighted by Crippen LogP contribution is 2.16. The second-order valence-corrected chi connectivity index (χ2v) is 14.7. The van der Waals surface area contributed by atoms with Gasteiger partial charge in [0.1, 0.15) is 6.10 Å². The largest absolute Gasteiger partial charge is 0.462 e. The van der Waals surface area contributed by atoms with Crippen molar-refractivity contribution >= 4 is 11.9 Å². The summed E-state index contributed by atoms with van der Waals surface area (Å²) < 4.78 is 5.86. The van der Waals surface area contributed by atoms with Gasteiger partial charge in [-0.2, -0.15) is 0 Å². The number of aliphatic hydroxyl groups is 2. The topological polar surface area (TPSA) is 95.9 Å². The summed E-state index contributed by atoms with van der Waals surface area (Å²) in [5.74, 6) is -0.536. The summed E-state index contributed by atoms with van der Waals surface area (Å²) in [6.07, 6.45) is 48.6. The minimum absolute atomic E-state index is 0.0513. The van der Waals surface area contributed by atoms with E-state index in [1.54, 1.807) is 0 Å². The van der Waals surface area contributed by atoms with Crippen molar-refractivity contribution in [1.82, 2.24) is 5.32 Å². The molecule has 0 aromatic carbocycles. The van der Waals surface area contributed by atoms with Gasteiger partial charge in [0.15, 0.2) is 0 Å². The number of esters is 1. The molecule has 0 bridgehead atoms. The van der Waals surface area contributed by atoms with Crippen molar-refractivity contribution in [2.75, 3.05) is 6.61 Å². The van der Waals surface area contributed by atoms with Gasteiger partial charge in [-0.05, 0) is 83.5 Å². The number of unbranched alkanes of at least 4 members (excludes halogenated alkanes) is 16. The molecule has 3 N–H and O–H groups in total. The van der Waals surface area contributed by atoms with E-state index in [0.717, 1.165) is 103 Å². The van der Waals surface area contributed by atoms with E-state index in [2.05, 4.69) is 86.8 Å². The van der Waals surface area contributed by atoms with Crippen LogP contribution in [0.2, 0.25) is 0 Å². The molecule has 0 aromatic rings.